The van der Waals surface area contributed by atoms with Crippen LogP contribution in [0.25, 0.3) is 0 Å². The number of carboxylic acid groups (broad SMARTS) is 1. The molecule has 1 unspecified atom stereocenters. The summed E-state index contributed by atoms with van der Waals surface area (Å²) in [5, 5.41) is 11.8. The van der Waals surface area contributed by atoms with Gasteiger partial charge in [-0.1, -0.05) is 0 Å². The molecule has 2 amide bonds. The highest BCUT2D eigenvalue weighted by atomic mass is 16.4. The number of likely N-dealkylation sites (tertiary alicyclic amines) is 1. The van der Waals surface area contributed by atoms with E-state index < -0.39 is 12.0 Å². The zero-order chi connectivity index (χ0) is 11.1. The molecule has 0 aromatic carbocycles. The Morgan fingerprint density at radius 1 is 1.47 bits per heavy atom. The van der Waals surface area contributed by atoms with E-state index in [1.807, 2.05) is 6.92 Å². The van der Waals surface area contributed by atoms with Gasteiger partial charge in [0, 0.05) is 12.1 Å². The number of urea groups is 1. The number of aliphatic carboxylic acids is 1. The Morgan fingerprint density at radius 2 is 2.13 bits per heavy atom. The van der Waals surface area contributed by atoms with Gasteiger partial charge in [0.15, 0.2) is 0 Å². The van der Waals surface area contributed by atoms with Gasteiger partial charge in [-0.15, -0.1) is 0 Å². The van der Waals surface area contributed by atoms with E-state index in [0.29, 0.717) is 13.0 Å². The zero-order valence-corrected chi connectivity index (χ0v) is 8.82. The number of hydrogen-bond acceptors (Lipinski definition) is 2. The molecule has 1 saturated heterocycles. The summed E-state index contributed by atoms with van der Waals surface area (Å²) in [6.45, 7) is 2.54. The third-order valence-electron chi connectivity index (χ3n) is 3.21. The van der Waals surface area contributed by atoms with Crippen molar-refractivity contribution < 1.29 is 14.7 Å². The molecule has 5 heteroatoms. The molecule has 1 saturated carbocycles. The minimum atomic E-state index is -0.899. The van der Waals surface area contributed by atoms with Crippen LogP contribution in [0.1, 0.15) is 32.6 Å². The van der Waals surface area contributed by atoms with Gasteiger partial charge in [0.25, 0.3) is 0 Å². The molecule has 0 bridgehead atoms. The molecule has 84 valence electrons. The lowest BCUT2D eigenvalue weighted by Crippen LogP contribution is -2.49. The molecule has 0 aromatic heterocycles. The maximum Gasteiger partial charge on any atom is 0.326 e. The Labute approximate surface area is 88.4 Å². The minimum Gasteiger partial charge on any atom is -0.480 e. The molecule has 1 aliphatic heterocycles. The van der Waals surface area contributed by atoms with Crippen LogP contribution < -0.4 is 5.32 Å². The van der Waals surface area contributed by atoms with Crippen molar-refractivity contribution in [3.05, 3.63) is 0 Å². The lowest BCUT2D eigenvalue weighted by Gasteiger charge is -2.24. The fourth-order valence-corrected chi connectivity index (χ4v) is 1.91. The van der Waals surface area contributed by atoms with E-state index in [0.717, 1.165) is 19.3 Å². The van der Waals surface area contributed by atoms with Gasteiger partial charge in [0.1, 0.15) is 6.04 Å². The number of carboxylic acids is 1. The van der Waals surface area contributed by atoms with Crippen molar-refractivity contribution in [1.82, 2.24) is 10.2 Å². The van der Waals surface area contributed by atoms with Crippen molar-refractivity contribution in [2.24, 2.45) is 0 Å². The maximum atomic E-state index is 11.8. The SMILES string of the molecule is CC1(NC(=O)N2CCCC2C(=O)O)CC1. The van der Waals surface area contributed by atoms with Gasteiger partial charge in [-0.3, -0.25) is 0 Å². The van der Waals surface area contributed by atoms with Crippen LogP contribution in [-0.2, 0) is 4.79 Å². The number of hydrogen-bond donors (Lipinski definition) is 2. The van der Waals surface area contributed by atoms with E-state index in [1.165, 1.54) is 4.90 Å². The van der Waals surface area contributed by atoms with Crippen molar-refractivity contribution in [2.45, 2.75) is 44.2 Å². The van der Waals surface area contributed by atoms with Gasteiger partial charge in [-0.25, -0.2) is 9.59 Å². The van der Waals surface area contributed by atoms with Crippen LogP contribution in [0, 0.1) is 0 Å². The van der Waals surface area contributed by atoms with Crippen molar-refractivity contribution in [3.63, 3.8) is 0 Å². The fourth-order valence-electron chi connectivity index (χ4n) is 1.91. The highest BCUT2D eigenvalue weighted by Gasteiger charge is 2.42. The molecular weight excluding hydrogens is 196 g/mol. The first-order chi connectivity index (χ1) is 7.02. The largest absolute Gasteiger partial charge is 0.480 e. The van der Waals surface area contributed by atoms with Gasteiger partial charge in [0.05, 0.1) is 0 Å². The molecule has 0 radical (unpaired) electrons. The predicted molar refractivity (Wildman–Crippen MR) is 53.5 cm³/mol. The van der Waals surface area contributed by atoms with Crippen LogP contribution in [0.5, 0.6) is 0 Å². The van der Waals surface area contributed by atoms with Crippen molar-refractivity contribution in [3.8, 4) is 0 Å². The Balaban J connectivity index is 1.96. The molecule has 5 nitrogen and oxygen atoms in total. The molecule has 1 heterocycles. The first-order valence-corrected chi connectivity index (χ1v) is 5.33. The number of nitrogens with one attached hydrogen (secondary N) is 1. The zero-order valence-electron chi connectivity index (χ0n) is 8.82. The topological polar surface area (TPSA) is 69.6 Å². The molecule has 1 aliphatic carbocycles. The van der Waals surface area contributed by atoms with Crippen molar-refractivity contribution in [1.29, 1.82) is 0 Å². The molecular formula is C10H16N2O3. The standard InChI is InChI=1S/C10H16N2O3/c1-10(4-5-10)11-9(15)12-6-2-3-7(12)8(13)14/h7H,2-6H2,1H3,(H,11,15)(H,13,14). The quantitative estimate of drug-likeness (QED) is 0.711. The van der Waals surface area contributed by atoms with Gasteiger partial charge in [0.2, 0.25) is 0 Å². The van der Waals surface area contributed by atoms with Gasteiger partial charge < -0.3 is 15.3 Å². The molecule has 0 spiro atoms. The summed E-state index contributed by atoms with van der Waals surface area (Å²) in [7, 11) is 0. The second-order valence-electron chi connectivity index (χ2n) is 4.68. The van der Waals surface area contributed by atoms with Gasteiger partial charge >= 0.3 is 12.0 Å². The molecule has 2 fully saturated rings. The fraction of sp³-hybridized carbons (Fsp3) is 0.800. The van der Waals surface area contributed by atoms with Crippen LogP contribution >= 0.6 is 0 Å². The van der Waals surface area contributed by atoms with E-state index in [-0.39, 0.29) is 11.6 Å². The summed E-state index contributed by atoms with van der Waals surface area (Å²) in [5.41, 5.74) is -0.0806. The maximum absolute atomic E-state index is 11.8. The Hall–Kier alpha value is -1.26. The summed E-state index contributed by atoms with van der Waals surface area (Å²) >= 11 is 0. The van der Waals surface area contributed by atoms with Crippen LogP contribution in [0.3, 0.4) is 0 Å². The number of amides is 2. The van der Waals surface area contributed by atoms with E-state index >= 15 is 0 Å². The Morgan fingerprint density at radius 3 is 2.67 bits per heavy atom. The normalized spacial score (nSPS) is 27.5. The minimum absolute atomic E-state index is 0.0806. The first kappa shape index (κ1) is 10.3. The van der Waals surface area contributed by atoms with Crippen LogP contribution in [0.2, 0.25) is 0 Å². The number of nitrogens with zero attached hydrogens (tertiary/aromatic N) is 1. The number of carbonyl (C=O) groups is 2. The van der Waals surface area contributed by atoms with Gasteiger partial charge in [-0.2, -0.15) is 0 Å². The second-order valence-corrected chi connectivity index (χ2v) is 4.68. The number of carbonyl (C=O) groups excluding carboxylic acids is 1. The molecule has 2 rings (SSSR count). The Bertz CT molecular complexity index is 299. The highest BCUT2D eigenvalue weighted by Crippen LogP contribution is 2.34. The summed E-state index contributed by atoms with van der Waals surface area (Å²) in [5.74, 6) is -0.899. The average Bonchev–Trinajstić information content (AvgIpc) is 2.70. The lowest BCUT2D eigenvalue weighted by atomic mass is 10.2. The van der Waals surface area contributed by atoms with Gasteiger partial charge in [-0.05, 0) is 32.6 Å². The molecule has 15 heavy (non-hydrogen) atoms. The van der Waals surface area contributed by atoms with E-state index in [9.17, 15) is 9.59 Å². The highest BCUT2D eigenvalue weighted by molar-refractivity contribution is 5.83. The van der Waals surface area contributed by atoms with Crippen molar-refractivity contribution in [2.75, 3.05) is 6.54 Å². The summed E-state index contributed by atoms with van der Waals surface area (Å²) < 4.78 is 0. The van der Waals surface area contributed by atoms with Crippen LogP contribution in [0.4, 0.5) is 4.79 Å². The smallest absolute Gasteiger partial charge is 0.326 e. The van der Waals surface area contributed by atoms with Crippen LogP contribution in [0.15, 0.2) is 0 Å². The average molecular weight is 212 g/mol. The summed E-state index contributed by atoms with van der Waals surface area (Å²) in [4.78, 5) is 24.1. The van der Waals surface area contributed by atoms with Crippen LogP contribution in [-0.4, -0.2) is 40.1 Å². The predicted octanol–water partition coefficient (Wildman–Crippen LogP) is 0.797. The van der Waals surface area contributed by atoms with E-state index in [1.54, 1.807) is 0 Å². The van der Waals surface area contributed by atoms with E-state index in [4.69, 9.17) is 5.11 Å². The molecule has 2 aliphatic rings. The molecule has 1 atom stereocenters. The Kier molecular flexibility index (Phi) is 2.32. The molecule has 2 N–H and O–H groups in total. The molecule has 0 aromatic rings. The summed E-state index contributed by atoms with van der Waals surface area (Å²) in [6.07, 6.45) is 3.33. The van der Waals surface area contributed by atoms with Crippen molar-refractivity contribution >= 4 is 12.0 Å². The summed E-state index contributed by atoms with van der Waals surface area (Å²) in [6, 6.07) is -0.854. The third kappa shape index (κ3) is 2.06. The second kappa shape index (κ2) is 3.40. The third-order valence-corrected chi connectivity index (χ3v) is 3.21. The number of rotatable bonds is 2. The monoisotopic (exact) mass is 212 g/mol. The first-order valence-electron chi connectivity index (χ1n) is 5.33. The lowest BCUT2D eigenvalue weighted by molar-refractivity contribution is -0.141. The van der Waals surface area contributed by atoms with E-state index in [2.05, 4.69) is 5.32 Å².